The van der Waals surface area contributed by atoms with Gasteiger partial charge in [-0.3, -0.25) is 9.59 Å². The van der Waals surface area contributed by atoms with E-state index in [1.807, 2.05) is 37.3 Å². The molecule has 2 aromatic carbocycles. The maximum atomic E-state index is 12.4. The molecule has 0 saturated carbocycles. The van der Waals surface area contributed by atoms with Crippen LogP contribution in [0.5, 0.6) is 11.5 Å². The highest BCUT2D eigenvalue weighted by atomic mass is 32.2. The van der Waals surface area contributed by atoms with E-state index in [-0.39, 0.29) is 11.5 Å². The Kier molecular flexibility index (Phi) is 6.49. The van der Waals surface area contributed by atoms with Crippen molar-refractivity contribution in [2.24, 2.45) is 0 Å². The summed E-state index contributed by atoms with van der Waals surface area (Å²) < 4.78 is 5.74. The Morgan fingerprint density at radius 2 is 1.82 bits per heavy atom. The zero-order valence-electron chi connectivity index (χ0n) is 15.6. The zero-order valence-corrected chi connectivity index (χ0v) is 16.5. The molecule has 6 nitrogen and oxygen atoms in total. The van der Waals surface area contributed by atoms with Crippen LogP contribution in [0, 0.1) is 0 Å². The lowest BCUT2D eigenvalue weighted by atomic mass is 10.3. The van der Waals surface area contributed by atoms with Gasteiger partial charge in [0.05, 0.1) is 5.25 Å². The molecule has 0 bridgehead atoms. The van der Waals surface area contributed by atoms with E-state index in [0.29, 0.717) is 28.7 Å². The maximum absolute atomic E-state index is 12.4. The minimum Gasteiger partial charge on any atom is -0.457 e. The Hall–Kier alpha value is -3.06. The largest absolute Gasteiger partial charge is 0.457 e. The van der Waals surface area contributed by atoms with Crippen molar-refractivity contribution in [2.75, 3.05) is 5.32 Å². The van der Waals surface area contributed by atoms with Crippen LogP contribution in [0.1, 0.15) is 19.5 Å². The number of benzene rings is 2. The van der Waals surface area contributed by atoms with Crippen molar-refractivity contribution < 1.29 is 9.53 Å². The van der Waals surface area contributed by atoms with Gasteiger partial charge in [-0.25, -0.2) is 4.98 Å². The number of rotatable bonds is 7. The summed E-state index contributed by atoms with van der Waals surface area (Å²) in [5.74, 6) is 1.26. The van der Waals surface area contributed by atoms with Gasteiger partial charge in [0.15, 0.2) is 5.16 Å². The molecule has 0 saturated heterocycles. The summed E-state index contributed by atoms with van der Waals surface area (Å²) in [6.07, 6.45) is 0.662. The second kappa shape index (κ2) is 9.23. The van der Waals surface area contributed by atoms with Crippen LogP contribution >= 0.6 is 11.8 Å². The number of ether oxygens (including phenoxy) is 1. The van der Waals surface area contributed by atoms with Crippen LogP contribution in [-0.2, 0) is 11.2 Å². The minimum absolute atomic E-state index is 0.175. The predicted molar refractivity (Wildman–Crippen MR) is 111 cm³/mol. The van der Waals surface area contributed by atoms with Crippen LogP contribution in [0.25, 0.3) is 0 Å². The number of nitrogens with zero attached hydrogens (tertiary/aromatic N) is 1. The van der Waals surface area contributed by atoms with E-state index in [0.717, 1.165) is 5.75 Å². The van der Waals surface area contributed by atoms with E-state index < -0.39 is 5.25 Å². The third-order valence-electron chi connectivity index (χ3n) is 3.89. The summed E-state index contributed by atoms with van der Waals surface area (Å²) in [5.41, 5.74) is 1.16. The molecule has 0 spiro atoms. The number of amides is 1. The lowest BCUT2D eigenvalue weighted by Gasteiger charge is -2.12. The summed E-state index contributed by atoms with van der Waals surface area (Å²) in [5, 5.41) is 2.88. The van der Waals surface area contributed by atoms with Crippen molar-refractivity contribution in [3.63, 3.8) is 0 Å². The SMILES string of the molecule is CCc1cc(=O)[nH]c(SC(C)C(=O)Nc2ccc(Oc3ccccc3)cc2)n1. The van der Waals surface area contributed by atoms with E-state index in [2.05, 4.69) is 15.3 Å². The van der Waals surface area contributed by atoms with Gasteiger partial charge in [0.2, 0.25) is 5.91 Å². The smallest absolute Gasteiger partial charge is 0.251 e. The number of hydrogen-bond donors (Lipinski definition) is 2. The van der Waals surface area contributed by atoms with Gasteiger partial charge in [-0.2, -0.15) is 0 Å². The molecule has 28 heavy (non-hydrogen) atoms. The molecule has 1 unspecified atom stereocenters. The van der Waals surface area contributed by atoms with Gasteiger partial charge in [-0.1, -0.05) is 36.9 Å². The van der Waals surface area contributed by atoms with E-state index in [4.69, 9.17) is 4.74 Å². The summed E-state index contributed by atoms with van der Waals surface area (Å²) in [6.45, 7) is 3.70. The molecule has 3 aromatic rings. The number of hydrogen-bond acceptors (Lipinski definition) is 5. The van der Waals surface area contributed by atoms with Crippen LogP contribution in [0.3, 0.4) is 0 Å². The van der Waals surface area contributed by atoms with Crippen molar-refractivity contribution in [1.82, 2.24) is 9.97 Å². The Morgan fingerprint density at radius 3 is 2.50 bits per heavy atom. The van der Waals surface area contributed by atoms with Crippen molar-refractivity contribution in [1.29, 1.82) is 0 Å². The number of carbonyl (C=O) groups is 1. The summed E-state index contributed by atoms with van der Waals surface area (Å²) in [4.78, 5) is 31.1. The van der Waals surface area contributed by atoms with Crippen molar-refractivity contribution in [2.45, 2.75) is 30.7 Å². The fraction of sp³-hybridized carbons (Fsp3) is 0.190. The second-order valence-electron chi connectivity index (χ2n) is 6.08. The molecule has 1 heterocycles. The Morgan fingerprint density at radius 1 is 1.14 bits per heavy atom. The number of aromatic amines is 1. The van der Waals surface area contributed by atoms with Crippen molar-refractivity contribution in [3.8, 4) is 11.5 Å². The van der Waals surface area contributed by atoms with Crippen LogP contribution in [0.4, 0.5) is 5.69 Å². The first kappa shape index (κ1) is 19.7. The minimum atomic E-state index is -0.421. The van der Waals surface area contributed by atoms with Gasteiger partial charge in [-0.15, -0.1) is 0 Å². The molecule has 3 rings (SSSR count). The summed E-state index contributed by atoms with van der Waals surface area (Å²) in [6, 6.07) is 18.1. The molecule has 7 heteroatoms. The molecular formula is C21H21N3O3S. The predicted octanol–water partition coefficient (Wildman–Crippen LogP) is 4.24. The van der Waals surface area contributed by atoms with Gasteiger partial charge in [0, 0.05) is 17.4 Å². The monoisotopic (exact) mass is 395 g/mol. The molecular weight excluding hydrogens is 374 g/mol. The van der Waals surface area contributed by atoms with Crippen LogP contribution < -0.4 is 15.6 Å². The number of H-pyrrole nitrogens is 1. The highest BCUT2D eigenvalue weighted by Gasteiger charge is 2.16. The molecule has 2 N–H and O–H groups in total. The number of aryl methyl sites for hydroxylation is 1. The average molecular weight is 395 g/mol. The molecule has 1 amide bonds. The zero-order chi connectivity index (χ0) is 19.9. The molecule has 0 fully saturated rings. The van der Waals surface area contributed by atoms with Gasteiger partial charge in [-0.05, 0) is 49.7 Å². The van der Waals surface area contributed by atoms with Crippen LogP contribution in [0.2, 0.25) is 0 Å². The Balaban J connectivity index is 1.59. The standard InChI is InChI=1S/C21H21N3O3S/c1-3-15-13-19(25)24-21(23-15)28-14(2)20(26)22-16-9-11-18(12-10-16)27-17-7-5-4-6-8-17/h4-14H,3H2,1-2H3,(H,22,26)(H,23,24,25). The maximum Gasteiger partial charge on any atom is 0.251 e. The topological polar surface area (TPSA) is 84.1 Å². The van der Waals surface area contributed by atoms with E-state index in [1.54, 1.807) is 31.2 Å². The van der Waals surface area contributed by atoms with Crippen molar-refractivity contribution in [3.05, 3.63) is 76.7 Å². The fourth-order valence-corrected chi connectivity index (χ4v) is 3.25. The second-order valence-corrected chi connectivity index (χ2v) is 7.41. The van der Waals surface area contributed by atoms with E-state index in [9.17, 15) is 9.59 Å². The summed E-state index contributed by atoms with van der Waals surface area (Å²) in [7, 11) is 0. The van der Waals surface area contributed by atoms with Crippen LogP contribution in [-0.4, -0.2) is 21.1 Å². The fourth-order valence-electron chi connectivity index (χ4n) is 2.42. The molecule has 0 aliphatic rings. The summed E-state index contributed by atoms with van der Waals surface area (Å²) >= 11 is 1.22. The van der Waals surface area contributed by atoms with Gasteiger partial charge in [0.1, 0.15) is 11.5 Å². The molecule has 0 aliphatic carbocycles. The number of thioether (sulfide) groups is 1. The van der Waals surface area contributed by atoms with E-state index >= 15 is 0 Å². The molecule has 0 radical (unpaired) electrons. The van der Waals surface area contributed by atoms with Gasteiger partial charge >= 0.3 is 0 Å². The van der Waals surface area contributed by atoms with Gasteiger partial charge in [0.25, 0.3) is 5.56 Å². The Bertz CT molecular complexity index is 988. The number of carbonyl (C=O) groups excluding carboxylic acids is 1. The number of anilines is 1. The molecule has 1 aromatic heterocycles. The first-order valence-corrected chi connectivity index (χ1v) is 9.82. The lowest BCUT2D eigenvalue weighted by Crippen LogP contribution is -2.23. The lowest BCUT2D eigenvalue weighted by molar-refractivity contribution is -0.115. The van der Waals surface area contributed by atoms with Gasteiger partial charge < -0.3 is 15.0 Å². The third-order valence-corrected chi connectivity index (χ3v) is 4.88. The number of para-hydroxylation sites is 1. The average Bonchev–Trinajstić information content (AvgIpc) is 2.69. The molecule has 0 aliphatic heterocycles. The quantitative estimate of drug-likeness (QED) is 0.462. The first-order valence-electron chi connectivity index (χ1n) is 8.94. The number of aromatic nitrogens is 2. The third kappa shape index (κ3) is 5.47. The molecule has 144 valence electrons. The normalized spacial score (nSPS) is 11.6. The van der Waals surface area contributed by atoms with E-state index in [1.165, 1.54) is 17.8 Å². The highest BCUT2D eigenvalue weighted by Crippen LogP contribution is 2.24. The van der Waals surface area contributed by atoms with Crippen molar-refractivity contribution >= 4 is 23.4 Å². The number of nitrogens with one attached hydrogen (secondary N) is 2. The van der Waals surface area contributed by atoms with Crippen LogP contribution in [0.15, 0.2) is 70.6 Å². The Labute approximate surface area is 167 Å². The first-order chi connectivity index (χ1) is 13.5. The molecule has 1 atom stereocenters. The highest BCUT2D eigenvalue weighted by molar-refractivity contribution is 8.00.